The number of aromatic nitrogens is 4. The summed E-state index contributed by atoms with van der Waals surface area (Å²) in [5.74, 6) is -0.812. The number of H-pyrrole nitrogens is 1. The fraction of sp³-hybridized carbons (Fsp3) is 0.190. The molecule has 29 heavy (non-hydrogen) atoms. The first kappa shape index (κ1) is 17.7. The van der Waals surface area contributed by atoms with E-state index in [1.165, 1.54) is 18.2 Å². The largest absolute Gasteiger partial charge is 0.472 e. The lowest BCUT2D eigenvalue weighted by Gasteiger charge is -2.11. The van der Waals surface area contributed by atoms with Crippen molar-refractivity contribution in [2.75, 3.05) is 13.1 Å². The van der Waals surface area contributed by atoms with Gasteiger partial charge in [-0.25, -0.2) is 13.8 Å². The Morgan fingerprint density at radius 1 is 1.07 bits per heavy atom. The van der Waals surface area contributed by atoms with Crippen LogP contribution in [0.1, 0.15) is 6.42 Å². The molecule has 0 saturated carbocycles. The van der Waals surface area contributed by atoms with E-state index in [4.69, 9.17) is 4.74 Å². The van der Waals surface area contributed by atoms with Gasteiger partial charge in [0, 0.05) is 11.9 Å². The summed E-state index contributed by atoms with van der Waals surface area (Å²) >= 11 is 0. The van der Waals surface area contributed by atoms with E-state index >= 15 is 0 Å². The Bertz CT molecular complexity index is 1170. The number of nitrogens with one attached hydrogen (secondary N) is 2. The first-order valence-electron chi connectivity index (χ1n) is 9.31. The van der Waals surface area contributed by atoms with Crippen LogP contribution in [0.15, 0.2) is 48.8 Å². The van der Waals surface area contributed by atoms with Crippen LogP contribution in [0.5, 0.6) is 5.88 Å². The first-order valence-corrected chi connectivity index (χ1v) is 9.31. The summed E-state index contributed by atoms with van der Waals surface area (Å²) in [5.41, 5.74) is 2.15. The summed E-state index contributed by atoms with van der Waals surface area (Å²) in [7, 11) is 0. The predicted octanol–water partition coefficient (Wildman–Crippen LogP) is 3.71. The number of nitrogens with zero attached hydrogens (tertiary/aromatic N) is 3. The summed E-state index contributed by atoms with van der Waals surface area (Å²) in [6, 6.07) is 8.92. The minimum Gasteiger partial charge on any atom is -0.472 e. The Morgan fingerprint density at radius 3 is 2.72 bits per heavy atom. The maximum atomic E-state index is 14.2. The number of aromatic amines is 1. The van der Waals surface area contributed by atoms with Crippen LogP contribution in [-0.4, -0.2) is 39.4 Å². The zero-order valence-corrected chi connectivity index (χ0v) is 15.3. The van der Waals surface area contributed by atoms with Gasteiger partial charge in [-0.3, -0.25) is 10.1 Å². The van der Waals surface area contributed by atoms with E-state index in [2.05, 4.69) is 25.5 Å². The number of hydrogen-bond donors (Lipinski definition) is 2. The van der Waals surface area contributed by atoms with Gasteiger partial charge in [0.15, 0.2) is 0 Å². The monoisotopic (exact) mass is 393 g/mol. The van der Waals surface area contributed by atoms with E-state index in [9.17, 15) is 8.78 Å². The van der Waals surface area contributed by atoms with Gasteiger partial charge in [-0.1, -0.05) is 12.1 Å². The van der Waals surface area contributed by atoms with Crippen molar-refractivity contribution in [2.45, 2.75) is 12.5 Å². The van der Waals surface area contributed by atoms with Crippen molar-refractivity contribution in [3.8, 4) is 28.4 Å². The molecule has 0 spiro atoms. The van der Waals surface area contributed by atoms with Crippen molar-refractivity contribution >= 4 is 10.9 Å². The Hall–Kier alpha value is -3.39. The molecule has 1 aliphatic rings. The predicted molar refractivity (Wildman–Crippen MR) is 104 cm³/mol. The number of halogens is 2. The molecule has 1 atom stereocenters. The molecule has 146 valence electrons. The SMILES string of the molecule is Fc1cccc(F)c1-c1ccc2[nH]nc(-c3cncc(OC4CCNC4)n3)c2c1. The molecule has 2 N–H and O–H groups in total. The van der Waals surface area contributed by atoms with Crippen LogP contribution < -0.4 is 10.1 Å². The summed E-state index contributed by atoms with van der Waals surface area (Å²) in [4.78, 5) is 8.74. The van der Waals surface area contributed by atoms with Gasteiger partial charge in [0.2, 0.25) is 5.88 Å². The van der Waals surface area contributed by atoms with E-state index in [1.807, 2.05) is 0 Å². The Morgan fingerprint density at radius 2 is 1.93 bits per heavy atom. The average Bonchev–Trinajstić information content (AvgIpc) is 3.37. The lowest BCUT2D eigenvalue weighted by Crippen LogP contribution is -2.20. The molecule has 5 rings (SSSR count). The van der Waals surface area contributed by atoms with Gasteiger partial charge in [0.1, 0.15) is 29.1 Å². The topological polar surface area (TPSA) is 75.7 Å². The van der Waals surface area contributed by atoms with E-state index in [1.54, 1.807) is 30.6 Å². The standard InChI is InChI=1S/C21H17F2N5O/c22-15-2-1-3-16(23)20(15)12-4-5-17-14(8-12)21(28-27-17)18-10-25-11-19(26-18)29-13-6-7-24-9-13/h1-5,8,10-11,13,24H,6-7,9H2,(H,27,28). The number of fused-ring (bicyclic) bond motifs is 1. The fourth-order valence-corrected chi connectivity index (χ4v) is 3.56. The average molecular weight is 393 g/mol. The lowest BCUT2D eigenvalue weighted by atomic mass is 10.0. The van der Waals surface area contributed by atoms with Crippen LogP contribution in [0, 0.1) is 11.6 Å². The van der Waals surface area contributed by atoms with Crippen LogP contribution in [0.25, 0.3) is 33.4 Å². The second kappa shape index (κ2) is 7.21. The molecule has 4 aromatic rings. The summed E-state index contributed by atoms with van der Waals surface area (Å²) < 4.78 is 34.3. The number of hydrogen-bond acceptors (Lipinski definition) is 5. The highest BCUT2D eigenvalue weighted by molar-refractivity contribution is 5.94. The molecule has 8 heteroatoms. The number of ether oxygens (including phenoxy) is 1. The summed E-state index contributed by atoms with van der Waals surface area (Å²) in [6.07, 6.45) is 4.13. The van der Waals surface area contributed by atoms with Gasteiger partial charge in [-0.2, -0.15) is 5.10 Å². The van der Waals surface area contributed by atoms with Crippen LogP contribution in [0.4, 0.5) is 8.78 Å². The second-order valence-electron chi connectivity index (χ2n) is 6.90. The quantitative estimate of drug-likeness (QED) is 0.553. The lowest BCUT2D eigenvalue weighted by molar-refractivity contribution is 0.213. The molecular formula is C21H17F2N5O. The van der Waals surface area contributed by atoms with Gasteiger partial charge in [0.25, 0.3) is 0 Å². The van der Waals surface area contributed by atoms with Crippen LogP contribution in [0.2, 0.25) is 0 Å². The van der Waals surface area contributed by atoms with E-state index in [0.717, 1.165) is 25.0 Å². The first-order chi connectivity index (χ1) is 14.2. The van der Waals surface area contributed by atoms with Crippen LogP contribution in [-0.2, 0) is 0 Å². The van der Waals surface area contributed by atoms with E-state index in [-0.39, 0.29) is 11.7 Å². The third kappa shape index (κ3) is 3.31. The zero-order valence-electron chi connectivity index (χ0n) is 15.3. The molecular weight excluding hydrogens is 376 g/mol. The zero-order chi connectivity index (χ0) is 19.8. The maximum absolute atomic E-state index is 14.2. The summed E-state index contributed by atoms with van der Waals surface area (Å²) in [6.45, 7) is 1.69. The molecule has 0 aliphatic carbocycles. The molecule has 2 aromatic heterocycles. The molecule has 2 aromatic carbocycles. The smallest absolute Gasteiger partial charge is 0.233 e. The maximum Gasteiger partial charge on any atom is 0.233 e. The Labute approximate surface area is 165 Å². The molecule has 6 nitrogen and oxygen atoms in total. The normalized spacial score (nSPS) is 16.4. The molecule has 0 radical (unpaired) electrons. The Kier molecular flexibility index (Phi) is 4.40. The minimum atomic E-state index is -0.616. The third-order valence-corrected chi connectivity index (χ3v) is 4.97. The molecule has 0 bridgehead atoms. The fourth-order valence-electron chi connectivity index (χ4n) is 3.56. The molecule has 3 heterocycles. The Balaban J connectivity index is 1.56. The van der Waals surface area contributed by atoms with Crippen molar-refractivity contribution in [3.63, 3.8) is 0 Å². The van der Waals surface area contributed by atoms with Crippen molar-refractivity contribution in [1.29, 1.82) is 0 Å². The minimum absolute atomic E-state index is 0.0612. The van der Waals surface area contributed by atoms with Crippen LogP contribution in [0.3, 0.4) is 0 Å². The van der Waals surface area contributed by atoms with Gasteiger partial charge < -0.3 is 10.1 Å². The summed E-state index contributed by atoms with van der Waals surface area (Å²) in [5, 5.41) is 11.2. The molecule has 0 amide bonds. The van der Waals surface area contributed by atoms with Crippen molar-refractivity contribution in [2.24, 2.45) is 0 Å². The van der Waals surface area contributed by atoms with Crippen molar-refractivity contribution < 1.29 is 13.5 Å². The van der Waals surface area contributed by atoms with Crippen molar-refractivity contribution in [3.05, 3.63) is 60.4 Å². The second-order valence-corrected chi connectivity index (χ2v) is 6.90. The van der Waals surface area contributed by atoms with Crippen molar-refractivity contribution in [1.82, 2.24) is 25.5 Å². The molecule has 1 saturated heterocycles. The highest BCUT2D eigenvalue weighted by Crippen LogP contribution is 2.32. The molecule has 1 unspecified atom stereocenters. The third-order valence-electron chi connectivity index (χ3n) is 4.97. The molecule has 1 aliphatic heterocycles. The van der Waals surface area contributed by atoms with Crippen LogP contribution >= 0.6 is 0 Å². The van der Waals surface area contributed by atoms with Gasteiger partial charge >= 0.3 is 0 Å². The highest BCUT2D eigenvalue weighted by atomic mass is 19.1. The number of rotatable bonds is 4. The van der Waals surface area contributed by atoms with Gasteiger partial charge in [-0.05, 0) is 42.8 Å². The van der Waals surface area contributed by atoms with E-state index < -0.39 is 11.6 Å². The number of benzene rings is 2. The van der Waals surface area contributed by atoms with Gasteiger partial charge in [0.05, 0.1) is 23.5 Å². The van der Waals surface area contributed by atoms with E-state index in [0.29, 0.717) is 28.2 Å². The molecule has 1 fully saturated rings. The highest BCUT2D eigenvalue weighted by Gasteiger charge is 2.19. The van der Waals surface area contributed by atoms with Gasteiger partial charge in [-0.15, -0.1) is 0 Å².